The first-order valence-corrected chi connectivity index (χ1v) is 4.53. The second kappa shape index (κ2) is 4.81. The van der Waals surface area contributed by atoms with Crippen LogP contribution < -0.4 is 5.73 Å². The number of hydrogen-bond donors (Lipinski definition) is 1. The molecule has 0 aliphatic carbocycles. The SMILES string of the molecule is N#CSc1cccc(CCN)c1. The average Bonchev–Trinajstić information content (AvgIpc) is 2.06. The minimum atomic E-state index is 0.653. The standard InChI is InChI=1S/C9H10N2S/c10-5-4-8-2-1-3-9(6-8)12-7-11/h1-3,6H,4-5,10H2. The molecule has 0 aliphatic heterocycles. The highest BCUT2D eigenvalue weighted by Gasteiger charge is 1.94. The number of thiocyanates is 1. The van der Waals surface area contributed by atoms with Gasteiger partial charge < -0.3 is 5.73 Å². The summed E-state index contributed by atoms with van der Waals surface area (Å²) in [5.41, 5.74) is 6.61. The maximum absolute atomic E-state index is 8.43. The number of benzene rings is 1. The van der Waals surface area contributed by atoms with Gasteiger partial charge in [0.2, 0.25) is 0 Å². The fourth-order valence-corrected chi connectivity index (χ4v) is 1.45. The lowest BCUT2D eigenvalue weighted by atomic mass is 10.2. The largest absolute Gasteiger partial charge is 0.330 e. The van der Waals surface area contributed by atoms with Crippen LogP contribution in [0.15, 0.2) is 29.2 Å². The van der Waals surface area contributed by atoms with Gasteiger partial charge in [-0.15, -0.1) is 0 Å². The van der Waals surface area contributed by atoms with Gasteiger partial charge in [0, 0.05) is 4.90 Å². The first kappa shape index (κ1) is 9.11. The molecule has 1 aromatic rings. The maximum atomic E-state index is 8.43. The average molecular weight is 178 g/mol. The minimum absolute atomic E-state index is 0.653. The highest BCUT2D eigenvalue weighted by atomic mass is 32.2. The van der Waals surface area contributed by atoms with Crippen LogP contribution in [0.1, 0.15) is 5.56 Å². The van der Waals surface area contributed by atoms with Crippen molar-refractivity contribution in [2.45, 2.75) is 11.3 Å². The Labute approximate surface area is 76.4 Å². The molecule has 2 N–H and O–H groups in total. The highest BCUT2D eigenvalue weighted by molar-refractivity contribution is 8.03. The third kappa shape index (κ3) is 2.57. The molecule has 0 fully saturated rings. The fourth-order valence-electron chi connectivity index (χ4n) is 0.984. The Kier molecular flexibility index (Phi) is 3.65. The second-order valence-electron chi connectivity index (χ2n) is 2.38. The molecule has 0 radical (unpaired) electrons. The van der Waals surface area contributed by atoms with E-state index in [1.807, 2.05) is 29.7 Å². The van der Waals surface area contributed by atoms with Crippen LogP contribution in [-0.2, 0) is 6.42 Å². The van der Waals surface area contributed by atoms with Crippen molar-refractivity contribution in [1.82, 2.24) is 0 Å². The molecule has 0 bridgehead atoms. The van der Waals surface area contributed by atoms with E-state index in [2.05, 4.69) is 0 Å². The molecular weight excluding hydrogens is 168 g/mol. The molecule has 62 valence electrons. The molecule has 0 aromatic heterocycles. The summed E-state index contributed by atoms with van der Waals surface area (Å²) in [5.74, 6) is 0. The van der Waals surface area contributed by atoms with Crippen LogP contribution in [-0.4, -0.2) is 6.54 Å². The van der Waals surface area contributed by atoms with Crippen LogP contribution in [0, 0.1) is 10.7 Å². The van der Waals surface area contributed by atoms with Gasteiger partial charge in [0.1, 0.15) is 5.40 Å². The van der Waals surface area contributed by atoms with Gasteiger partial charge in [0.25, 0.3) is 0 Å². The lowest BCUT2D eigenvalue weighted by molar-refractivity contribution is 0.964. The highest BCUT2D eigenvalue weighted by Crippen LogP contribution is 2.17. The third-order valence-corrected chi connectivity index (χ3v) is 2.08. The van der Waals surface area contributed by atoms with E-state index in [0.717, 1.165) is 11.3 Å². The molecule has 2 nitrogen and oxygen atoms in total. The predicted octanol–water partition coefficient (Wildman–Crippen LogP) is 1.76. The zero-order valence-corrected chi connectivity index (χ0v) is 7.47. The van der Waals surface area contributed by atoms with E-state index in [9.17, 15) is 0 Å². The van der Waals surface area contributed by atoms with Gasteiger partial charge in [0.15, 0.2) is 0 Å². The number of nitrogens with zero attached hydrogens (tertiary/aromatic N) is 1. The summed E-state index contributed by atoms with van der Waals surface area (Å²) in [5, 5.41) is 10.5. The molecule has 0 unspecified atom stereocenters. The van der Waals surface area contributed by atoms with Gasteiger partial charge in [-0.25, -0.2) is 0 Å². The van der Waals surface area contributed by atoms with E-state index < -0.39 is 0 Å². The third-order valence-electron chi connectivity index (χ3n) is 1.49. The number of thioether (sulfide) groups is 1. The van der Waals surface area contributed by atoms with Gasteiger partial charge in [-0.05, 0) is 42.4 Å². The molecular formula is C9H10N2S. The molecule has 0 heterocycles. The summed E-state index contributed by atoms with van der Waals surface area (Å²) in [7, 11) is 0. The molecule has 0 saturated carbocycles. The Morgan fingerprint density at radius 3 is 3.00 bits per heavy atom. The van der Waals surface area contributed by atoms with Crippen LogP contribution in [0.5, 0.6) is 0 Å². The normalized spacial score (nSPS) is 9.33. The Hall–Kier alpha value is -0.980. The van der Waals surface area contributed by atoms with E-state index in [1.54, 1.807) is 0 Å². The fraction of sp³-hybridized carbons (Fsp3) is 0.222. The molecule has 3 heteroatoms. The van der Waals surface area contributed by atoms with Crippen LogP contribution >= 0.6 is 11.8 Å². The van der Waals surface area contributed by atoms with Crippen molar-refractivity contribution in [2.75, 3.05) is 6.54 Å². The topological polar surface area (TPSA) is 49.8 Å². The first-order chi connectivity index (χ1) is 5.86. The Morgan fingerprint density at radius 1 is 1.50 bits per heavy atom. The number of hydrogen-bond acceptors (Lipinski definition) is 3. The predicted molar refractivity (Wildman–Crippen MR) is 50.7 cm³/mol. The van der Waals surface area contributed by atoms with Crippen molar-refractivity contribution in [2.24, 2.45) is 5.73 Å². The molecule has 0 saturated heterocycles. The summed E-state index contributed by atoms with van der Waals surface area (Å²) in [6.07, 6.45) is 0.875. The zero-order chi connectivity index (χ0) is 8.81. The molecule has 0 atom stereocenters. The number of rotatable bonds is 3. The van der Waals surface area contributed by atoms with Crippen LogP contribution in [0.2, 0.25) is 0 Å². The number of nitrogens with two attached hydrogens (primary N) is 1. The van der Waals surface area contributed by atoms with Crippen LogP contribution in [0.25, 0.3) is 0 Å². The molecule has 1 rings (SSSR count). The maximum Gasteiger partial charge on any atom is 0.138 e. The van der Waals surface area contributed by atoms with Gasteiger partial charge in [-0.3, -0.25) is 0 Å². The van der Waals surface area contributed by atoms with Gasteiger partial charge >= 0.3 is 0 Å². The van der Waals surface area contributed by atoms with E-state index in [4.69, 9.17) is 11.0 Å². The minimum Gasteiger partial charge on any atom is -0.330 e. The van der Waals surface area contributed by atoms with Crippen molar-refractivity contribution in [3.05, 3.63) is 29.8 Å². The quantitative estimate of drug-likeness (QED) is 0.566. The van der Waals surface area contributed by atoms with Crippen LogP contribution in [0.3, 0.4) is 0 Å². The molecule has 0 aliphatic rings. The molecule has 0 spiro atoms. The van der Waals surface area contributed by atoms with E-state index >= 15 is 0 Å². The van der Waals surface area contributed by atoms with Gasteiger partial charge in [0.05, 0.1) is 0 Å². The van der Waals surface area contributed by atoms with E-state index in [1.165, 1.54) is 17.3 Å². The zero-order valence-electron chi connectivity index (χ0n) is 6.66. The van der Waals surface area contributed by atoms with Crippen molar-refractivity contribution in [3.8, 4) is 5.40 Å². The molecule has 0 amide bonds. The van der Waals surface area contributed by atoms with E-state index in [-0.39, 0.29) is 0 Å². The van der Waals surface area contributed by atoms with Crippen molar-refractivity contribution in [1.29, 1.82) is 5.26 Å². The van der Waals surface area contributed by atoms with Crippen molar-refractivity contribution < 1.29 is 0 Å². The summed E-state index contributed by atoms with van der Waals surface area (Å²) in [4.78, 5) is 0.989. The Bertz CT molecular complexity index is 291. The lowest BCUT2D eigenvalue weighted by Crippen LogP contribution is -2.02. The lowest BCUT2D eigenvalue weighted by Gasteiger charge is -1.99. The summed E-state index contributed by atoms with van der Waals surface area (Å²) in [6.45, 7) is 0.653. The first-order valence-electron chi connectivity index (χ1n) is 3.72. The second-order valence-corrected chi connectivity index (χ2v) is 3.24. The van der Waals surface area contributed by atoms with Gasteiger partial charge in [-0.1, -0.05) is 12.1 Å². The van der Waals surface area contributed by atoms with Crippen molar-refractivity contribution >= 4 is 11.8 Å². The summed E-state index contributed by atoms with van der Waals surface area (Å²) in [6, 6.07) is 7.90. The smallest absolute Gasteiger partial charge is 0.138 e. The van der Waals surface area contributed by atoms with Crippen LogP contribution in [0.4, 0.5) is 0 Å². The van der Waals surface area contributed by atoms with E-state index in [0.29, 0.717) is 6.54 Å². The number of nitriles is 1. The Balaban J connectivity index is 2.75. The summed E-state index contributed by atoms with van der Waals surface area (Å²) < 4.78 is 0. The van der Waals surface area contributed by atoms with Gasteiger partial charge in [-0.2, -0.15) is 5.26 Å². The molecule has 1 aromatic carbocycles. The monoisotopic (exact) mass is 178 g/mol. The Morgan fingerprint density at radius 2 is 2.33 bits per heavy atom. The molecule has 12 heavy (non-hydrogen) atoms. The van der Waals surface area contributed by atoms with Crippen molar-refractivity contribution in [3.63, 3.8) is 0 Å². The summed E-state index contributed by atoms with van der Waals surface area (Å²) >= 11 is 1.18.